The number of aromatic amines is 1. The third kappa shape index (κ3) is 7.05. The van der Waals surface area contributed by atoms with E-state index in [1.807, 2.05) is 65.4 Å². The number of H-pyrrole nitrogens is 1. The Morgan fingerprint density at radius 1 is 1.07 bits per heavy atom. The Morgan fingerprint density at radius 2 is 1.85 bits per heavy atom. The molecule has 0 radical (unpaired) electrons. The van der Waals surface area contributed by atoms with Crippen molar-refractivity contribution in [1.82, 2.24) is 35.7 Å². The van der Waals surface area contributed by atoms with Crippen molar-refractivity contribution >= 4 is 17.9 Å². The van der Waals surface area contributed by atoms with Gasteiger partial charge in [-0.1, -0.05) is 54.6 Å². The molecule has 4 N–H and O–H groups in total. The second-order valence-electron chi connectivity index (χ2n) is 11.9. The van der Waals surface area contributed by atoms with Crippen LogP contribution in [0.2, 0.25) is 0 Å². The van der Waals surface area contributed by atoms with Crippen LogP contribution < -0.4 is 20.7 Å². The van der Waals surface area contributed by atoms with E-state index >= 15 is 0 Å². The molecule has 11 heteroatoms. The third-order valence-electron chi connectivity index (χ3n) is 8.67. The number of methoxy groups -OCH3 is 1. The first-order valence-corrected chi connectivity index (χ1v) is 15.7. The highest BCUT2D eigenvalue weighted by atomic mass is 16.5. The fourth-order valence-electron chi connectivity index (χ4n) is 6.28. The molecule has 2 aliphatic rings. The molecule has 46 heavy (non-hydrogen) atoms. The number of amides is 2. The zero-order valence-corrected chi connectivity index (χ0v) is 26.5. The molecule has 4 atom stereocenters. The molecule has 4 aromatic rings. The maximum atomic E-state index is 13.7. The Bertz CT molecular complexity index is 1670. The largest absolute Gasteiger partial charge is 0.497 e. The van der Waals surface area contributed by atoms with E-state index in [0.717, 1.165) is 22.6 Å². The van der Waals surface area contributed by atoms with Gasteiger partial charge in [0.15, 0.2) is 11.6 Å². The highest BCUT2D eigenvalue weighted by Gasteiger charge is 2.35. The number of rotatable bonds is 11. The van der Waals surface area contributed by atoms with Crippen LogP contribution in [0.1, 0.15) is 58.6 Å². The lowest BCUT2D eigenvalue weighted by Crippen LogP contribution is -2.50. The van der Waals surface area contributed by atoms with Gasteiger partial charge in [0, 0.05) is 37.8 Å². The van der Waals surface area contributed by atoms with Crippen molar-refractivity contribution in [3.05, 3.63) is 106 Å². The van der Waals surface area contributed by atoms with Gasteiger partial charge in [-0.05, 0) is 54.2 Å². The van der Waals surface area contributed by atoms with Crippen LogP contribution in [0, 0.1) is 12.8 Å². The van der Waals surface area contributed by atoms with Crippen molar-refractivity contribution in [2.24, 2.45) is 5.92 Å². The van der Waals surface area contributed by atoms with E-state index in [1.54, 1.807) is 7.11 Å². The summed E-state index contributed by atoms with van der Waals surface area (Å²) in [6.07, 6.45) is 6.86. The van der Waals surface area contributed by atoms with Gasteiger partial charge in [0.1, 0.15) is 11.9 Å². The minimum absolute atomic E-state index is 0.119. The molecule has 11 nitrogen and oxygen atoms in total. The predicted molar refractivity (Wildman–Crippen MR) is 174 cm³/mol. The molecule has 0 spiro atoms. The van der Waals surface area contributed by atoms with Gasteiger partial charge in [-0.2, -0.15) is 0 Å². The average Bonchev–Trinajstić information content (AvgIpc) is 3.66. The van der Waals surface area contributed by atoms with Crippen LogP contribution in [0.15, 0.2) is 66.9 Å². The van der Waals surface area contributed by atoms with Gasteiger partial charge >= 0.3 is 0 Å². The maximum Gasteiger partial charge on any atom is 0.251 e. The fraction of sp³-hybridized carbons (Fsp3) is 0.371. The topological polar surface area (TPSA) is 135 Å². The third-order valence-corrected chi connectivity index (χ3v) is 8.67. The molecule has 3 heterocycles. The SMILES string of the molecule is COc1ccc(Cn2c([C@@H](Cc3ccccc3)NC(C)=O)nnc2[C@H](NC(=O)[C@@H]2CNCCO2)C2C=Cc3c(C)c[nH]c3C2)cc1. The van der Waals surface area contributed by atoms with E-state index in [4.69, 9.17) is 19.7 Å². The van der Waals surface area contributed by atoms with Crippen LogP contribution in [0.4, 0.5) is 0 Å². The molecule has 2 aromatic carbocycles. The number of hydrogen-bond donors (Lipinski definition) is 4. The quantitative estimate of drug-likeness (QED) is 0.201. The Labute approximate surface area is 268 Å². The Hall–Kier alpha value is -4.74. The molecule has 240 valence electrons. The maximum absolute atomic E-state index is 13.7. The Morgan fingerprint density at radius 3 is 2.57 bits per heavy atom. The summed E-state index contributed by atoms with van der Waals surface area (Å²) in [5.74, 6) is 1.47. The lowest BCUT2D eigenvalue weighted by Gasteiger charge is -2.31. The monoisotopic (exact) mass is 623 g/mol. The number of morpholine rings is 1. The first-order valence-electron chi connectivity index (χ1n) is 15.7. The van der Waals surface area contributed by atoms with E-state index in [2.05, 4.69) is 40.0 Å². The zero-order chi connectivity index (χ0) is 32.0. The zero-order valence-electron chi connectivity index (χ0n) is 26.5. The number of hydrogen-bond acceptors (Lipinski definition) is 7. The van der Waals surface area contributed by atoms with Gasteiger partial charge in [0.25, 0.3) is 5.91 Å². The molecule has 0 saturated carbocycles. The van der Waals surface area contributed by atoms with Crippen molar-refractivity contribution in [2.75, 3.05) is 26.8 Å². The van der Waals surface area contributed by atoms with E-state index in [-0.39, 0.29) is 17.7 Å². The van der Waals surface area contributed by atoms with Crippen molar-refractivity contribution < 1.29 is 19.1 Å². The summed E-state index contributed by atoms with van der Waals surface area (Å²) < 4.78 is 13.3. The molecular formula is C35H41N7O4. The highest BCUT2D eigenvalue weighted by Crippen LogP contribution is 2.34. The summed E-state index contributed by atoms with van der Waals surface area (Å²) in [6.45, 7) is 5.62. The van der Waals surface area contributed by atoms with E-state index < -0.39 is 18.2 Å². The first kappa shape index (κ1) is 31.3. The first-order chi connectivity index (χ1) is 22.4. The van der Waals surface area contributed by atoms with E-state index in [0.29, 0.717) is 50.7 Å². The molecule has 1 fully saturated rings. The smallest absolute Gasteiger partial charge is 0.251 e. The summed E-state index contributed by atoms with van der Waals surface area (Å²) in [5, 5.41) is 19.2. The lowest BCUT2D eigenvalue weighted by atomic mass is 9.87. The molecule has 6 rings (SSSR count). The van der Waals surface area contributed by atoms with Crippen LogP contribution in [0.5, 0.6) is 5.75 Å². The standard InChI is InChI=1S/C35H41N7O4/c1-22-19-37-29-18-26(11-14-28(22)29)32(39-35(44)31-20-36-15-16-46-31)34-41-40-33(42(34)21-25-9-12-27(45-3)13-10-25)30(38-23(2)43)17-24-7-5-4-6-8-24/h4-14,19,26,30-32,36-37H,15-18,20-21H2,1-3H3,(H,38,43)(H,39,44)/t26?,30-,31+,32-/m1/s1. The highest BCUT2D eigenvalue weighted by molar-refractivity contribution is 5.81. The second-order valence-corrected chi connectivity index (χ2v) is 11.9. The number of ether oxygens (including phenoxy) is 2. The number of carbonyl (C=O) groups excluding carboxylic acids is 2. The number of benzene rings is 2. The van der Waals surface area contributed by atoms with Gasteiger partial charge in [-0.25, -0.2) is 0 Å². The van der Waals surface area contributed by atoms with Gasteiger partial charge in [-0.3, -0.25) is 9.59 Å². The Kier molecular flexibility index (Phi) is 9.60. The predicted octanol–water partition coefficient (Wildman–Crippen LogP) is 3.42. The minimum Gasteiger partial charge on any atom is -0.497 e. The number of aryl methyl sites for hydroxylation is 1. The molecule has 1 aliphatic heterocycles. The molecule has 1 unspecified atom stereocenters. The average molecular weight is 624 g/mol. The molecule has 1 aliphatic carbocycles. The van der Waals surface area contributed by atoms with Crippen molar-refractivity contribution in [1.29, 1.82) is 0 Å². The van der Waals surface area contributed by atoms with Crippen LogP contribution in [-0.2, 0) is 33.7 Å². The van der Waals surface area contributed by atoms with Gasteiger partial charge < -0.3 is 35.0 Å². The van der Waals surface area contributed by atoms with Crippen molar-refractivity contribution in [2.45, 2.75) is 51.4 Å². The Balaban J connectivity index is 1.43. The van der Waals surface area contributed by atoms with Crippen LogP contribution in [0.3, 0.4) is 0 Å². The van der Waals surface area contributed by atoms with E-state index in [1.165, 1.54) is 18.1 Å². The number of aromatic nitrogens is 4. The van der Waals surface area contributed by atoms with E-state index in [9.17, 15) is 9.59 Å². The number of nitrogens with zero attached hydrogens (tertiary/aromatic N) is 3. The summed E-state index contributed by atoms with van der Waals surface area (Å²) in [6, 6.07) is 16.8. The lowest BCUT2D eigenvalue weighted by molar-refractivity contribution is -0.135. The number of carbonyl (C=O) groups is 2. The molecule has 0 bridgehead atoms. The van der Waals surface area contributed by atoms with Gasteiger partial charge in [-0.15, -0.1) is 10.2 Å². The normalized spacial score (nSPS) is 18.8. The van der Waals surface area contributed by atoms with Crippen LogP contribution in [-0.4, -0.2) is 64.5 Å². The summed E-state index contributed by atoms with van der Waals surface area (Å²) >= 11 is 0. The molecule has 1 saturated heterocycles. The van der Waals surface area contributed by atoms with Crippen molar-refractivity contribution in [3.8, 4) is 5.75 Å². The van der Waals surface area contributed by atoms with Crippen LogP contribution >= 0.6 is 0 Å². The van der Waals surface area contributed by atoms with Crippen LogP contribution in [0.25, 0.3) is 6.08 Å². The summed E-state index contributed by atoms with van der Waals surface area (Å²) in [4.78, 5) is 29.6. The minimum atomic E-state index is -0.616. The molecule has 2 aromatic heterocycles. The fourth-order valence-corrected chi connectivity index (χ4v) is 6.28. The summed E-state index contributed by atoms with van der Waals surface area (Å²) in [7, 11) is 1.64. The van der Waals surface area contributed by atoms with Gasteiger partial charge in [0.05, 0.1) is 32.3 Å². The number of fused-ring (bicyclic) bond motifs is 1. The van der Waals surface area contributed by atoms with Crippen molar-refractivity contribution in [3.63, 3.8) is 0 Å². The number of nitrogens with one attached hydrogen (secondary N) is 4. The molecule has 2 amide bonds. The second kappa shape index (κ2) is 14.1. The molecular weight excluding hydrogens is 582 g/mol. The van der Waals surface area contributed by atoms with Gasteiger partial charge in [0.2, 0.25) is 5.91 Å². The summed E-state index contributed by atoms with van der Waals surface area (Å²) in [5.41, 5.74) is 5.52.